The van der Waals surface area contributed by atoms with Gasteiger partial charge in [-0.25, -0.2) is 0 Å². The minimum absolute atomic E-state index is 0.0404. The smallest absolute Gasteiger partial charge is 0.351 e. The molecule has 4 N–H and O–H groups in total. The number of carbonyl (C=O) groups excluding carboxylic acids is 11. The van der Waals surface area contributed by atoms with E-state index in [1.54, 1.807) is 27.7 Å². The summed E-state index contributed by atoms with van der Waals surface area (Å²) in [5.41, 5.74) is -2.24. The van der Waals surface area contributed by atoms with E-state index in [1.165, 1.54) is 84.6 Å². The van der Waals surface area contributed by atoms with Crippen LogP contribution < -0.4 is 21.3 Å². The van der Waals surface area contributed by atoms with Crippen molar-refractivity contribution in [3.05, 3.63) is 34.3 Å². The van der Waals surface area contributed by atoms with Crippen molar-refractivity contribution >= 4 is 76.6 Å². The van der Waals surface area contributed by atoms with E-state index in [1.807, 2.05) is 6.92 Å². The fourth-order valence-electron chi connectivity index (χ4n) is 13.3. The van der Waals surface area contributed by atoms with Crippen molar-refractivity contribution < 1.29 is 65.9 Å². The van der Waals surface area contributed by atoms with Crippen LogP contribution in [0.5, 0.6) is 0 Å². The molecule has 1 aromatic rings. The van der Waals surface area contributed by atoms with Crippen LogP contribution in [-0.4, -0.2) is 214 Å². The summed E-state index contributed by atoms with van der Waals surface area (Å²) in [6.07, 6.45) is 2.17. The zero-order valence-corrected chi connectivity index (χ0v) is 54.7. The van der Waals surface area contributed by atoms with Crippen LogP contribution in [0.2, 0.25) is 5.02 Å². The molecule has 22 nitrogen and oxygen atoms in total. The maximum absolute atomic E-state index is 15.0. The quantitative estimate of drug-likeness (QED) is 0.278. The number of likely N-dealkylation sites (N-methyl/N-ethyl adjacent to an activating group) is 5. The third-order valence-electron chi connectivity index (χ3n) is 19.4. The Morgan fingerprint density at radius 2 is 1.29 bits per heavy atom. The lowest BCUT2D eigenvalue weighted by Gasteiger charge is -2.45. The standard InChI is InChI=1S/C63H95ClF3N11O11/c1-13-37(4)51-60(88)74(10)40(7)56(84)78-31-27-47(78)59(87)75(11)48(34-41-20-15-14-16-21-41)58(86)72(8)35-49(79)69-45(26-24-42-23-25-43(44(64)33-42)63(65,66)67)57(85)77-30-19-22-46(77)54(82)71-62(28-17-18-29-62)61(89)76(12)52(36(2)3)55(83)68-38(5)32-50(80)73(9)39(6)53(81)70-51/h23,25,33,36-41,45-48,51-52H,13-22,24,26-32,34-35H2,1-12H3,(H,68,83)(H,69,79)(H,70,81)(H,71,82)/t37-,38+,39-,40-,45-,46-,47-,48-,51-,52-/m0/s1. The van der Waals surface area contributed by atoms with Gasteiger partial charge in [-0.1, -0.05) is 96.7 Å². The third kappa shape index (κ3) is 16.9. The lowest BCUT2D eigenvalue weighted by molar-refractivity contribution is -0.160. The number of fused-ring (bicyclic) bond motifs is 2. The van der Waals surface area contributed by atoms with Gasteiger partial charge in [-0.15, -0.1) is 0 Å². The van der Waals surface area contributed by atoms with E-state index in [2.05, 4.69) is 21.3 Å². The van der Waals surface area contributed by atoms with E-state index in [4.69, 9.17) is 11.6 Å². The Labute approximate surface area is 526 Å². The predicted molar refractivity (Wildman–Crippen MR) is 326 cm³/mol. The number of halogens is 4. The molecule has 3 saturated heterocycles. The topological polar surface area (TPSA) is 259 Å². The Kier molecular flexibility index (Phi) is 24.5. The van der Waals surface area contributed by atoms with Gasteiger partial charge >= 0.3 is 6.18 Å². The fraction of sp³-hybridized carbons (Fsp3) is 0.730. The van der Waals surface area contributed by atoms with Crippen LogP contribution in [0, 0.1) is 17.8 Å². The molecule has 6 rings (SSSR count). The highest BCUT2D eigenvalue weighted by molar-refractivity contribution is 6.31. The number of aryl methyl sites for hydroxylation is 1. The SMILES string of the molecule is CC[C@H](C)[C@@H]1NC(=O)[C@H](C)N(C)C(=O)C[C@@H](C)NC(=O)[C@H](C(C)C)N(C)C(=O)C2(CCCC2)NC(=O)[C@@H]2CCCN2C(=O)[C@H](CCc2ccc(C(F)(F)F)c(Cl)c2)NC(=O)CN(C)C(=O)[C@H](CC2CCCCC2)N(C)C(=O)[C@@H]2CCN2C(=O)[C@H](C)N(C)C1=O. The van der Waals surface area contributed by atoms with Gasteiger partial charge in [0, 0.05) is 60.8 Å². The van der Waals surface area contributed by atoms with Crippen LogP contribution in [0.1, 0.15) is 162 Å². The zero-order chi connectivity index (χ0) is 66.1. The van der Waals surface area contributed by atoms with E-state index >= 15 is 4.79 Å². The zero-order valence-electron chi connectivity index (χ0n) is 53.9. The van der Waals surface area contributed by atoms with Crippen molar-refractivity contribution in [2.24, 2.45) is 17.8 Å². The van der Waals surface area contributed by atoms with Gasteiger partial charge < -0.3 is 55.6 Å². The Hall–Kier alpha value is -6.53. The highest BCUT2D eigenvalue weighted by atomic mass is 35.5. The molecule has 11 amide bonds. The molecule has 496 valence electrons. The molecule has 10 atom stereocenters. The molecular weight excluding hydrogens is 1180 g/mol. The van der Waals surface area contributed by atoms with Crippen molar-refractivity contribution in [3.8, 4) is 0 Å². The maximum Gasteiger partial charge on any atom is 0.417 e. The summed E-state index contributed by atoms with van der Waals surface area (Å²) in [6.45, 7) is 11.4. The van der Waals surface area contributed by atoms with Crippen LogP contribution in [0.15, 0.2) is 18.2 Å². The van der Waals surface area contributed by atoms with Crippen LogP contribution >= 0.6 is 11.6 Å². The summed E-state index contributed by atoms with van der Waals surface area (Å²) in [6, 6.07) is -6.71. The van der Waals surface area contributed by atoms with Gasteiger partial charge in [-0.3, -0.25) is 52.7 Å². The van der Waals surface area contributed by atoms with Gasteiger partial charge in [-0.2, -0.15) is 13.2 Å². The molecule has 26 heteroatoms. The summed E-state index contributed by atoms with van der Waals surface area (Å²) in [5.74, 6) is -7.55. The van der Waals surface area contributed by atoms with Crippen molar-refractivity contribution in [2.75, 3.05) is 54.9 Å². The van der Waals surface area contributed by atoms with E-state index in [0.717, 1.165) is 49.1 Å². The molecule has 0 unspecified atom stereocenters. The summed E-state index contributed by atoms with van der Waals surface area (Å²) >= 11 is 6.11. The van der Waals surface area contributed by atoms with E-state index in [9.17, 15) is 61.1 Å². The summed E-state index contributed by atoms with van der Waals surface area (Å²) < 4.78 is 41.3. The molecular formula is C63H95ClF3N11O11. The minimum atomic E-state index is -4.74. The van der Waals surface area contributed by atoms with Crippen LogP contribution in [-0.2, 0) is 65.3 Å². The van der Waals surface area contributed by atoms with Gasteiger partial charge in [0.1, 0.15) is 53.9 Å². The molecule has 2 saturated carbocycles. The molecule has 5 fully saturated rings. The van der Waals surface area contributed by atoms with Crippen molar-refractivity contribution in [1.29, 1.82) is 0 Å². The monoisotopic (exact) mass is 1270 g/mol. The molecule has 5 aliphatic rings. The summed E-state index contributed by atoms with van der Waals surface area (Å²) in [4.78, 5) is 168. The Morgan fingerprint density at radius 3 is 1.88 bits per heavy atom. The molecule has 0 radical (unpaired) electrons. The van der Waals surface area contributed by atoms with Crippen LogP contribution in [0.3, 0.4) is 0 Å². The number of carbonyl (C=O) groups is 11. The number of rotatable bonds is 8. The number of alkyl halides is 3. The largest absolute Gasteiger partial charge is 0.417 e. The summed E-state index contributed by atoms with van der Waals surface area (Å²) in [5, 5.41) is 10.9. The van der Waals surface area contributed by atoms with Crippen LogP contribution in [0.25, 0.3) is 0 Å². The number of amides is 11. The second kappa shape index (κ2) is 30.5. The molecule has 3 aliphatic heterocycles. The molecule has 1 aromatic carbocycles. The lowest BCUT2D eigenvalue weighted by Crippen LogP contribution is -2.65. The maximum atomic E-state index is 15.0. The van der Waals surface area contributed by atoms with Gasteiger partial charge in [-0.05, 0) is 108 Å². The van der Waals surface area contributed by atoms with Crippen molar-refractivity contribution in [1.82, 2.24) is 55.6 Å². The Bertz CT molecular complexity index is 2800. The normalized spacial score (nSPS) is 28.6. The molecule has 2 aliphatic carbocycles. The first kappa shape index (κ1) is 71.5. The van der Waals surface area contributed by atoms with Gasteiger partial charge in [0.2, 0.25) is 65.0 Å². The predicted octanol–water partition coefficient (Wildman–Crippen LogP) is 4.67. The highest BCUT2D eigenvalue weighted by Crippen LogP contribution is 2.37. The van der Waals surface area contributed by atoms with E-state index < -0.39 is 160 Å². The second-order valence-corrected chi connectivity index (χ2v) is 26.5. The van der Waals surface area contributed by atoms with E-state index in [-0.39, 0.29) is 70.4 Å². The first-order valence-electron chi connectivity index (χ1n) is 31.7. The number of benzene rings is 1. The number of hydrogen-bond acceptors (Lipinski definition) is 11. The second-order valence-electron chi connectivity index (χ2n) is 26.1. The number of nitrogens with one attached hydrogen (secondary N) is 4. The Balaban J connectivity index is 1.36. The molecule has 0 aromatic heterocycles. The molecule has 89 heavy (non-hydrogen) atoms. The fourth-order valence-corrected chi connectivity index (χ4v) is 13.6. The minimum Gasteiger partial charge on any atom is -0.351 e. The number of hydrogen-bond donors (Lipinski definition) is 4. The number of nitrogens with zero attached hydrogens (tertiary/aromatic N) is 7. The van der Waals surface area contributed by atoms with Crippen LogP contribution in [0.4, 0.5) is 13.2 Å². The van der Waals surface area contributed by atoms with Gasteiger partial charge in [0.25, 0.3) is 0 Å². The average molecular weight is 1270 g/mol. The lowest BCUT2D eigenvalue weighted by atomic mass is 9.84. The molecule has 0 bridgehead atoms. The highest BCUT2D eigenvalue weighted by Gasteiger charge is 2.50. The molecule has 1 spiro atoms. The average Bonchev–Trinajstić information content (AvgIpc) is 4.15. The van der Waals surface area contributed by atoms with Crippen molar-refractivity contribution in [3.63, 3.8) is 0 Å². The summed E-state index contributed by atoms with van der Waals surface area (Å²) in [7, 11) is 7.20. The van der Waals surface area contributed by atoms with Crippen molar-refractivity contribution in [2.45, 2.75) is 224 Å². The third-order valence-corrected chi connectivity index (χ3v) is 19.7. The first-order valence-corrected chi connectivity index (χ1v) is 32.1. The molecule has 3 heterocycles. The van der Waals surface area contributed by atoms with Gasteiger partial charge in [0.05, 0.1) is 17.1 Å². The van der Waals surface area contributed by atoms with Gasteiger partial charge in [0.15, 0.2) is 0 Å². The first-order chi connectivity index (χ1) is 41.7. The Morgan fingerprint density at radius 1 is 0.652 bits per heavy atom. The van der Waals surface area contributed by atoms with E-state index in [0.29, 0.717) is 31.2 Å².